The normalized spacial score (nSPS) is 17.6. The molecule has 2 aliphatic rings. The molecule has 0 spiro atoms. The van der Waals surface area contributed by atoms with Crippen LogP contribution in [0, 0.1) is 0 Å². The fraction of sp³-hybridized carbons (Fsp3) is 0.542. The van der Waals surface area contributed by atoms with Gasteiger partial charge >= 0.3 is 6.09 Å². The molecule has 0 bridgehead atoms. The van der Waals surface area contributed by atoms with Crippen LogP contribution in [0.15, 0.2) is 18.2 Å². The predicted octanol–water partition coefficient (Wildman–Crippen LogP) is 0.631. The number of amides is 5. The second kappa shape index (κ2) is 12.0. The van der Waals surface area contributed by atoms with Gasteiger partial charge in [-0.05, 0) is 39.3 Å². The molecule has 2 heterocycles. The van der Waals surface area contributed by atoms with E-state index in [0.717, 1.165) is 4.90 Å². The molecule has 1 unspecified atom stereocenters. The lowest BCUT2D eigenvalue weighted by Gasteiger charge is -2.27. The van der Waals surface area contributed by atoms with Crippen LogP contribution in [-0.4, -0.2) is 85.7 Å². The second-order valence-corrected chi connectivity index (χ2v) is 9.39. The van der Waals surface area contributed by atoms with E-state index in [9.17, 15) is 24.0 Å². The van der Waals surface area contributed by atoms with Gasteiger partial charge in [0.1, 0.15) is 11.6 Å². The zero-order valence-electron chi connectivity index (χ0n) is 20.8. The van der Waals surface area contributed by atoms with E-state index in [-0.39, 0.29) is 24.0 Å². The third-order valence-corrected chi connectivity index (χ3v) is 5.42. The Kier molecular flexibility index (Phi) is 8.99. The lowest BCUT2D eigenvalue weighted by Crippen LogP contribution is -2.54. The Morgan fingerprint density at radius 2 is 1.81 bits per heavy atom. The number of ether oxygens (including phenoxy) is 2. The number of carbonyl (C=O) groups is 5. The molecule has 1 aromatic carbocycles. The summed E-state index contributed by atoms with van der Waals surface area (Å²) in [6.07, 6.45) is -0.296. The minimum Gasteiger partial charge on any atom is -0.444 e. The molecular formula is C24H33N5O7. The zero-order chi connectivity index (χ0) is 26.3. The monoisotopic (exact) mass is 503 g/mol. The zero-order valence-corrected chi connectivity index (χ0v) is 20.8. The molecule has 0 saturated carbocycles. The molecule has 1 aromatic rings. The van der Waals surface area contributed by atoms with Gasteiger partial charge in [0.2, 0.25) is 11.8 Å². The third kappa shape index (κ3) is 7.01. The Labute approximate surface area is 209 Å². The first-order valence-corrected chi connectivity index (χ1v) is 11.9. The molecule has 1 fully saturated rings. The Morgan fingerprint density at radius 1 is 1.06 bits per heavy atom. The summed E-state index contributed by atoms with van der Waals surface area (Å²) in [6.45, 7) is 8.17. The number of nitrogens with zero attached hydrogens (tertiary/aromatic N) is 1. The van der Waals surface area contributed by atoms with Crippen molar-refractivity contribution in [1.29, 1.82) is 0 Å². The van der Waals surface area contributed by atoms with Crippen LogP contribution in [0.4, 0.5) is 10.5 Å². The van der Waals surface area contributed by atoms with E-state index in [1.54, 1.807) is 39.0 Å². The molecule has 0 radical (unpaired) electrons. The highest BCUT2D eigenvalue weighted by Crippen LogP contribution is 2.32. The van der Waals surface area contributed by atoms with E-state index in [1.165, 1.54) is 0 Å². The van der Waals surface area contributed by atoms with Gasteiger partial charge in [0.15, 0.2) is 0 Å². The SMILES string of the molecule is CC(C)(C)OC(=O)NCCOCCNCCNc1cccc2c1C(=O)N(C1CCC(=O)NC1=O)C2=O. The molecule has 0 aliphatic carbocycles. The highest BCUT2D eigenvalue weighted by molar-refractivity contribution is 6.25. The average molecular weight is 504 g/mol. The molecule has 1 saturated heterocycles. The van der Waals surface area contributed by atoms with Gasteiger partial charge in [-0.25, -0.2) is 4.79 Å². The maximum absolute atomic E-state index is 13.1. The number of rotatable bonds is 11. The first kappa shape index (κ1) is 27.1. The lowest BCUT2D eigenvalue weighted by atomic mass is 10.0. The highest BCUT2D eigenvalue weighted by atomic mass is 16.6. The molecular weight excluding hydrogens is 470 g/mol. The second-order valence-electron chi connectivity index (χ2n) is 9.39. The van der Waals surface area contributed by atoms with E-state index in [2.05, 4.69) is 21.3 Å². The summed E-state index contributed by atoms with van der Waals surface area (Å²) in [6, 6.07) is 3.94. The number of imide groups is 2. The number of fused-ring (bicyclic) bond motifs is 1. The van der Waals surface area contributed by atoms with Crippen LogP contribution < -0.4 is 21.3 Å². The summed E-state index contributed by atoms with van der Waals surface area (Å²) in [4.78, 5) is 62.1. The molecule has 3 rings (SSSR count). The van der Waals surface area contributed by atoms with Crippen LogP contribution in [0.3, 0.4) is 0 Å². The third-order valence-electron chi connectivity index (χ3n) is 5.42. The van der Waals surface area contributed by atoms with Crippen LogP contribution in [0.25, 0.3) is 0 Å². The van der Waals surface area contributed by atoms with Gasteiger partial charge in [-0.2, -0.15) is 0 Å². The van der Waals surface area contributed by atoms with Crippen LogP contribution >= 0.6 is 0 Å². The summed E-state index contributed by atoms with van der Waals surface area (Å²) in [5.41, 5.74) is 0.425. The quantitative estimate of drug-likeness (QED) is 0.251. The van der Waals surface area contributed by atoms with Crippen molar-refractivity contribution >= 4 is 35.4 Å². The average Bonchev–Trinajstić information content (AvgIpc) is 3.05. The molecule has 0 aromatic heterocycles. The van der Waals surface area contributed by atoms with Crippen LogP contribution in [0.1, 0.15) is 54.3 Å². The van der Waals surface area contributed by atoms with E-state index < -0.39 is 41.4 Å². The van der Waals surface area contributed by atoms with Gasteiger partial charge in [-0.15, -0.1) is 0 Å². The van der Waals surface area contributed by atoms with Gasteiger partial charge in [0.05, 0.1) is 24.3 Å². The van der Waals surface area contributed by atoms with Crippen molar-refractivity contribution in [3.63, 3.8) is 0 Å². The van der Waals surface area contributed by atoms with Gasteiger partial charge < -0.3 is 25.4 Å². The molecule has 12 nitrogen and oxygen atoms in total. The van der Waals surface area contributed by atoms with Gasteiger partial charge in [-0.1, -0.05) is 6.07 Å². The number of carbonyl (C=O) groups excluding carboxylic acids is 5. The van der Waals surface area contributed by atoms with Gasteiger partial charge in [0, 0.05) is 38.3 Å². The molecule has 5 amide bonds. The van der Waals surface area contributed by atoms with Crippen molar-refractivity contribution in [1.82, 2.24) is 20.9 Å². The van der Waals surface area contributed by atoms with Crippen molar-refractivity contribution in [2.24, 2.45) is 0 Å². The van der Waals surface area contributed by atoms with Crippen molar-refractivity contribution in [2.75, 3.05) is 44.7 Å². The Balaban J connectivity index is 1.38. The standard InChI is InChI=1S/C24H33N5O7/c1-24(2,3)36-23(34)27-12-14-35-13-11-25-9-10-26-16-6-4-5-15-19(16)22(33)29(21(15)32)17-7-8-18(30)28-20(17)31/h4-6,17,25-26H,7-14H2,1-3H3,(H,27,34)(H,28,30,31). The summed E-state index contributed by atoms with van der Waals surface area (Å²) in [7, 11) is 0. The minimum atomic E-state index is -0.996. The van der Waals surface area contributed by atoms with E-state index in [1.807, 2.05) is 0 Å². The fourth-order valence-electron chi connectivity index (χ4n) is 3.86. The van der Waals surface area contributed by atoms with Crippen molar-refractivity contribution in [3.05, 3.63) is 29.3 Å². The summed E-state index contributed by atoms with van der Waals surface area (Å²) in [5, 5.41) is 11.2. The van der Waals surface area contributed by atoms with Gasteiger partial charge in [0.25, 0.3) is 11.8 Å². The predicted molar refractivity (Wildman–Crippen MR) is 130 cm³/mol. The topological polar surface area (TPSA) is 155 Å². The highest BCUT2D eigenvalue weighted by Gasteiger charge is 2.45. The Hall–Kier alpha value is -3.51. The number of anilines is 1. The number of hydrogen-bond donors (Lipinski definition) is 4. The van der Waals surface area contributed by atoms with Crippen molar-refractivity contribution < 1.29 is 33.4 Å². The number of piperidine rings is 1. The van der Waals surface area contributed by atoms with Crippen molar-refractivity contribution in [2.45, 2.75) is 45.3 Å². The Morgan fingerprint density at radius 3 is 2.53 bits per heavy atom. The molecule has 12 heteroatoms. The summed E-state index contributed by atoms with van der Waals surface area (Å²) >= 11 is 0. The number of benzene rings is 1. The summed E-state index contributed by atoms with van der Waals surface area (Å²) in [5.74, 6) is -2.13. The first-order chi connectivity index (χ1) is 17.1. The fourth-order valence-corrected chi connectivity index (χ4v) is 3.86. The largest absolute Gasteiger partial charge is 0.444 e. The van der Waals surface area contributed by atoms with E-state index in [0.29, 0.717) is 45.1 Å². The Bertz CT molecular complexity index is 1020. The lowest BCUT2D eigenvalue weighted by molar-refractivity contribution is -0.136. The smallest absolute Gasteiger partial charge is 0.407 e. The molecule has 1 atom stereocenters. The number of nitrogens with one attached hydrogen (secondary N) is 4. The number of alkyl carbamates (subject to hydrolysis) is 1. The molecule has 196 valence electrons. The molecule has 36 heavy (non-hydrogen) atoms. The minimum absolute atomic E-state index is 0.0740. The van der Waals surface area contributed by atoms with Crippen LogP contribution in [0.2, 0.25) is 0 Å². The molecule has 4 N–H and O–H groups in total. The summed E-state index contributed by atoms with van der Waals surface area (Å²) < 4.78 is 10.6. The van der Waals surface area contributed by atoms with E-state index in [4.69, 9.17) is 9.47 Å². The molecule has 2 aliphatic heterocycles. The first-order valence-electron chi connectivity index (χ1n) is 11.9. The maximum Gasteiger partial charge on any atom is 0.407 e. The van der Waals surface area contributed by atoms with Crippen LogP contribution in [0.5, 0.6) is 0 Å². The van der Waals surface area contributed by atoms with Crippen LogP contribution in [-0.2, 0) is 19.1 Å². The van der Waals surface area contributed by atoms with Crippen molar-refractivity contribution in [3.8, 4) is 0 Å². The van der Waals surface area contributed by atoms with E-state index >= 15 is 0 Å². The number of hydrogen-bond acceptors (Lipinski definition) is 9. The van der Waals surface area contributed by atoms with Gasteiger partial charge in [-0.3, -0.25) is 29.4 Å². The maximum atomic E-state index is 13.1.